The van der Waals surface area contributed by atoms with Gasteiger partial charge in [-0.15, -0.1) is 6.54 Å². The first kappa shape index (κ1) is 34.2. The molecule has 0 unspecified atom stereocenters. The monoisotopic (exact) mass is 926 g/mol. The zero-order chi connectivity index (χ0) is 34.1. The van der Waals surface area contributed by atoms with Gasteiger partial charge in [-0.05, 0) is 19.5 Å². The van der Waals surface area contributed by atoms with Crippen LogP contribution in [0.15, 0.2) is 18.2 Å². The van der Waals surface area contributed by atoms with Crippen molar-refractivity contribution < 1.29 is 58.1 Å². The number of nitrogens with zero attached hydrogens (tertiary/aromatic N) is 1. The number of ketones is 2. The van der Waals surface area contributed by atoms with Gasteiger partial charge in [0.2, 0.25) is 5.78 Å². The number of rotatable bonds is 7. The van der Waals surface area contributed by atoms with Gasteiger partial charge in [0.25, 0.3) is 5.91 Å². The van der Waals surface area contributed by atoms with Gasteiger partial charge in [0.05, 0.1) is 42.6 Å². The Bertz CT molecular complexity index is 1670. The Labute approximate surface area is 275 Å². The third kappa shape index (κ3) is 5.20. The van der Waals surface area contributed by atoms with Gasteiger partial charge in [-0.2, -0.15) is 0 Å². The van der Waals surface area contributed by atoms with Crippen LogP contribution in [0.2, 0.25) is 0 Å². The molecule has 2 aromatic carbocycles. The van der Waals surface area contributed by atoms with Crippen LogP contribution in [0.25, 0.3) is 5.73 Å². The zero-order valence-electron chi connectivity index (χ0n) is 27.0. The molecule has 3 fully saturated rings. The molecule has 15 nitrogen and oxygen atoms in total. The number of carbonyl (C=O) groups excluding carboxylic acids is 3. The topological polar surface area (TPSA) is 206 Å². The first-order valence-corrected chi connectivity index (χ1v) is 15.9. The molecule has 8 atom stereocenters. The molecular weight excluding hydrogens is 888 g/mol. The van der Waals surface area contributed by atoms with E-state index < -0.39 is 83.1 Å². The van der Waals surface area contributed by atoms with Crippen LogP contribution in [0.4, 0.5) is 0 Å². The standard InChI is InChI=1S/C33H38N3O12.Md/c1-14-29-17(36-9-10-45-31(44-3)30(36)48-29)11-20(46-14)47-19-13-33(42,32(41)35-8-7-34)12-16-22(19)28(40)24-23(26(16)38)25(37)15-5-4-6-18(43-2)21(15)27(24)39;/h4-6,14,17,19-20,29-31,34,38,40,42H,7-13H2,1-3H3,(H,35,41);/q-1;/t14-,17-,19-,20+,29+,30+,31-,33-;/m0./s1. The summed E-state index contributed by atoms with van der Waals surface area (Å²) in [5, 5.41) is 37.8. The van der Waals surface area contributed by atoms with Crippen molar-refractivity contribution in [3.8, 4) is 17.2 Å². The third-order valence-corrected chi connectivity index (χ3v) is 10.0. The molecular formula is C33H38MdN3O12-. The fourth-order valence-corrected chi connectivity index (χ4v) is 7.84. The van der Waals surface area contributed by atoms with E-state index in [1.54, 1.807) is 7.11 Å². The Hall–Kier alpha value is -4.67. The molecule has 5 N–H and O–H groups in total. The number of morpholine rings is 1. The number of hydrogen-bond donors (Lipinski definition) is 4. The third-order valence-electron chi connectivity index (χ3n) is 10.0. The van der Waals surface area contributed by atoms with E-state index in [4.69, 9.17) is 34.2 Å². The van der Waals surface area contributed by atoms with E-state index in [0.717, 1.165) is 0 Å². The van der Waals surface area contributed by atoms with Crippen LogP contribution >= 0.6 is 0 Å². The number of methoxy groups -OCH3 is 2. The summed E-state index contributed by atoms with van der Waals surface area (Å²) in [4.78, 5) is 43.2. The summed E-state index contributed by atoms with van der Waals surface area (Å²) < 4.78 is 35.6. The fraction of sp³-hybridized carbons (Fsp3) is 0.545. The average Bonchev–Trinajstić information content (AvgIpc) is 3.46. The number of amides is 1. The number of fused-ring (bicyclic) bond motifs is 6. The molecule has 0 saturated carbocycles. The van der Waals surface area contributed by atoms with Crippen molar-refractivity contribution in [3.05, 3.63) is 57.3 Å². The SMILES string of the molecule is COc1cccc2c1C(=O)c1c(O)c3c(c(O)c1C2=O)C[C@@](O)(C(=O)NCC[NH-])C[C@@H]3O[C@@H]1C[C@H]2[C@H](O[C@@H]3[C@@H](OC)OCCN32)[C@H](C)O1.[Md]. The normalized spacial score (nSPS) is 31.8. The van der Waals surface area contributed by atoms with Crippen LogP contribution in [0, 0.1) is 0 Å². The number of phenols is 2. The van der Waals surface area contributed by atoms with Gasteiger partial charge in [-0.3, -0.25) is 19.3 Å². The molecule has 0 aromatic heterocycles. The summed E-state index contributed by atoms with van der Waals surface area (Å²) in [5.74, 6) is -3.41. The number of hydrogen-bond acceptors (Lipinski definition) is 13. The van der Waals surface area contributed by atoms with E-state index in [2.05, 4.69) is 10.2 Å². The second-order valence-corrected chi connectivity index (χ2v) is 12.7. The molecule has 3 saturated heterocycles. The van der Waals surface area contributed by atoms with Crippen LogP contribution in [0.3, 0.4) is 0 Å². The smallest absolute Gasteiger partial charge is 0.252 e. The van der Waals surface area contributed by atoms with E-state index in [9.17, 15) is 29.7 Å². The number of benzene rings is 2. The van der Waals surface area contributed by atoms with Crippen molar-refractivity contribution in [1.29, 1.82) is 0 Å². The van der Waals surface area contributed by atoms with E-state index in [-0.39, 0.29) is 59.7 Å². The van der Waals surface area contributed by atoms with Crippen molar-refractivity contribution in [2.24, 2.45) is 0 Å². The molecule has 5 aliphatic rings. The quantitative estimate of drug-likeness (QED) is 0.247. The molecule has 16 heteroatoms. The van der Waals surface area contributed by atoms with Crippen LogP contribution in [-0.2, 0) is 34.9 Å². The Balaban J connectivity index is 0.00000417. The van der Waals surface area contributed by atoms with Crippen molar-refractivity contribution in [3.63, 3.8) is 0 Å². The molecule has 3 heterocycles. The summed E-state index contributed by atoms with van der Waals surface area (Å²) in [6, 6.07) is 4.30. The molecule has 1 amide bonds. The van der Waals surface area contributed by atoms with Gasteiger partial charge in [-0.1, -0.05) is 12.1 Å². The fourth-order valence-electron chi connectivity index (χ4n) is 7.84. The van der Waals surface area contributed by atoms with Crippen molar-refractivity contribution in [2.75, 3.05) is 40.5 Å². The van der Waals surface area contributed by atoms with Crippen LogP contribution in [-0.4, -0.2) is 121 Å². The minimum atomic E-state index is -2.17. The second kappa shape index (κ2) is 12.7. The summed E-state index contributed by atoms with van der Waals surface area (Å²) >= 11 is 0. The van der Waals surface area contributed by atoms with Gasteiger partial charge < -0.3 is 54.8 Å². The van der Waals surface area contributed by atoms with Crippen molar-refractivity contribution in [1.82, 2.24) is 10.2 Å². The minimum Gasteiger partial charge on any atom is -0.676 e. The zero-order valence-corrected chi connectivity index (χ0v) is 29.3. The number of ether oxygens (including phenoxy) is 6. The van der Waals surface area contributed by atoms with Crippen molar-refractivity contribution >= 4 is 17.5 Å². The van der Waals surface area contributed by atoms with Crippen LogP contribution in [0.1, 0.15) is 68.8 Å². The largest absolute Gasteiger partial charge is 0.676 e. The first-order chi connectivity index (χ1) is 23.0. The summed E-state index contributed by atoms with van der Waals surface area (Å²) in [6.07, 6.45) is -4.63. The van der Waals surface area contributed by atoms with Crippen LogP contribution in [0.5, 0.6) is 17.2 Å². The Morgan fingerprint density at radius 3 is 2.59 bits per heavy atom. The maximum absolute atomic E-state index is 14.0. The number of phenolic OH excluding ortho intramolecular Hbond substituents is 2. The predicted octanol–water partition coefficient (Wildman–Crippen LogP) is 1.32. The number of aliphatic hydroxyl groups is 1. The van der Waals surface area contributed by atoms with Gasteiger partial charge in [-0.25, -0.2) is 0 Å². The average molecular weight is 927 g/mol. The molecule has 3 aliphatic heterocycles. The predicted molar refractivity (Wildman–Crippen MR) is 164 cm³/mol. The Morgan fingerprint density at radius 1 is 1.12 bits per heavy atom. The van der Waals surface area contributed by atoms with E-state index >= 15 is 0 Å². The molecule has 0 bridgehead atoms. The summed E-state index contributed by atoms with van der Waals surface area (Å²) in [5.41, 5.74) is 4.19. The maximum Gasteiger partial charge on any atom is 0.252 e. The molecule has 7 rings (SSSR count). The molecule has 271 valence electrons. The Kier molecular flexibility index (Phi) is 8.83. The van der Waals surface area contributed by atoms with Gasteiger partial charge in [0.15, 0.2) is 24.6 Å². The van der Waals surface area contributed by atoms with Gasteiger partial charge in [0, 0.05) is 55.6 Å². The number of carbonyl (C=O) groups is 3. The van der Waals surface area contributed by atoms with E-state index in [1.165, 1.54) is 25.3 Å². The molecule has 49 heavy (non-hydrogen) atoms. The van der Waals surface area contributed by atoms with Crippen LogP contribution < -0.4 is 10.1 Å². The summed E-state index contributed by atoms with van der Waals surface area (Å²) in [7, 11) is 2.89. The van der Waals surface area contributed by atoms with Crippen molar-refractivity contribution in [2.45, 2.75) is 74.9 Å². The first-order valence-electron chi connectivity index (χ1n) is 15.9. The van der Waals surface area contributed by atoms with Gasteiger partial charge >= 0.3 is 0 Å². The Morgan fingerprint density at radius 2 is 1.88 bits per heavy atom. The minimum absolute atomic E-state index is 0. The molecule has 0 spiro atoms. The number of aromatic hydroxyl groups is 2. The maximum atomic E-state index is 14.0. The molecule has 2 aliphatic carbocycles. The second-order valence-electron chi connectivity index (χ2n) is 12.7. The summed E-state index contributed by atoms with van der Waals surface area (Å²) in [6.45, 7) is 2.67. The molecule has 2 aromatic rings. The molecule has 1 radical (unpaired) electrons. The van der Waals surface area contributed by atoms with E-state index in [1.807, 2.05) is 6.92 Å². The van der Waals surface area contributed by atoms with Gasteiger partial charge in [0.1, 0.15) is 29.0 Å². The van der Waals surface area contributed by atoms with E-state index in [0.29, 0.717) is 19.6 Å². The number of nitrogens with one attached hydrogen (secondary N) is 2.